The van der Waals surface area contributed by atoms with Crippen LogP contribution in [0.2, 0.25) is 0 Å². The number of para-hydroxylation sites is 1. The van der Waals surface area contributed by atoms with Gasteiger partial charge in [0.15, 0.2) is 5.76 Å². The normalized spacial score (nSPS) is 17.1. The molecule has 1 aromatic heterocycles. The number of amides is 3. The predicted octanol–water partition coefficient (Wildman–Crippen LogP) is 1.56. The summed E-state index contributed by atoms with van der Waals surface area (Å²) >= 11 is 0. The first-order chi connectivity index (χ1) is 12.1. The standard InChI is InChI=1S/C18H19N3O4/c1-12-5-2-3-6-13(12)20-16(22)11-14-17(23)19-8-9-21(14)18(24)15-7-4-10-25-15/h2-7,10,14H,8-9,11H2,1H3,(H,19,23)(H,20,22). The first-order valence-corrected chi connectivity index (χ1v) is 8.04. The zero-order chi connectivity index (χ0) is 17.8. The summed E-state index contributed by atoms with van der Waals surface area (Å²) in [4.78, 5) is 38.5. The van der Waals surface area contributed by atoms with Crippen LogP contribution >= 0.6 is 0 Å². The number of hydrogen-bond acceptors (Lipinski definition) is 4. The SMILES string of the molecule is Cc1ccccc1NC(=O)CC1C(=O)NCCN1C(=O)c1ccco1. The summed E-state index contributed by atoms with van der Waals surface area (Å²) in [6.07, 6.45) is 1.28. The quantitative estimate of drug-likeness (QED) is 0.883. The predicted molar refractivity (Wildman–Crippen MR) is 91.0 cm³/mol. The van der Waals surface area contributed by atoms with E-state index in [9.17, 15) is 14.4 Å². The Hall–Kier alpha value is -3.09. The van der Waals surface area contributed by atoms with Gasteiger partial charge in [0.1, 0.15) is 6.04 Å². The zero-order valence-corrected chi connectivity index (χ0v) is 13.8. The van der Waals surface area contributed by atoms with Crippen LogP contribution in [-0.4, -0.2) is 41.8 Å². The van der Waals surface area contributed by atoms with E-state index in [0.717, 1.165) is 5.56 Å². The van der Waals surface area contributed by atoms with Gasteiger partial charge in [0.05, 0.1) is 12.7 Å². The molecule has 0 bridgehead atoms. The number of aryl methyl sites for hydroxylation is 1. The Bertz CT molecular complexity index is 785. The van der Waals surface area contributed by atoms with E-state index in [4.69, 9.17) is 4.42 Å². The van der Waals surface area contributed by atoms with Crippen LogP contribution in [0.15, 0.2) is 47.1 Å². The summed E-state index contributed by atoms with van der Waals surface area (Å²) in [7, 11) is 0. The van der Waals surface area contributed by atoms with E-state index >= 15 is 0 Å². The lowest BCUT2D eigenvalue weighted by molar-refractivity contribution is -0.131. The lowest BCUT2D eigenvalue weighted by Crippen LogP contribution is -2.58. The van der Waals surface area contributed by atoms with Crippen LogP contribution in [0.5, 0.6) is 0 Å². The minimum absolute atomic E-state index is 0.118. The molecule has 7 heteroatoms. The van der Waals surface area contributed by atoms with Crippen molar-refractivity contribution in [1.29, 1.82) is 0 Å². The molecule has 3 rings (SSSR count). The highest BCUT2D eigenvalue weighted by Gasteiger charge is 2.36. The number of furan rings is 1. The molecule has 1 unspecified atom stereocenters. The minimum Gasteiger partial charge on any atom is -0.459 e. The molecule has 0 aliphatic carbocycles. The van der Waals surface area contributed by atoms with Gasteiger partial charge in [-0.3, -0.25) is 14.4 Å². The molecule has 1 saturated heterocycles. The first kappa shape index (κ1) is 16.8. The number of carbonyl (C=O) groups excluding carboxylic acids is 3. The summed E-state index contributed by atoms with van der Waals surface area (Å²) in [6, 6.07) is 9.66. The summed E-state index contributed by atoms with van der Waals surface area (Å²) in [5.41, 5.74) is 1.61. The van der Waals surface area contributed by atoms with Crippen molar-refractivity contribution in [3.8, 4) is 0 Å². The number of carbonyl (C=O) groups is 3. The summed E-state index contributed by atoms with van der Waals surface area (Å²) in [5, 5.41) is 5.49. The van der Waals surface area contributed by atoms with Crippen molar-refractivity contribution in [1.82, 2.24) is 10.2 Å². The monoisotopic (exact) mass is 341 g/mol. The maximum atomic E-state index is 12.5. The van der Waals surface area contributed by atoms with E-state index in [-0.39, 0.29) is 24.0 Å². The molecular formula is C18H19N3O4. The molecule has 1 aliphatic heterocycles. The van der Waals surface area contributed by atoms with Gasteiger partial charge in [-0.25, -0.2) is 0 Å². The van der Waals surface area contributed by atoms with Crippen LogP contribution in [0.1, 0.15) is 22.5 Å². The Morgan fingerprint density at radius 2 is 2.08 bits per heavy atom. The maximum absolute atomic E-state index is 12.5. The number of benzene rings is 1. The number of nitrogens with zero attached hydrogens (tertiary/aromatic N) is 1. The molecule has 1 aliphatic rings. The average Bonchev–Trinajstić information content (AvgIpc) is 3.13. The lowest BCUT2D eigenvalue weighted by atomic mass is 10.1. The Balaban J connectivity index is 1.73. The molecule has 0 radical (unpaired) electrons. The zero-order valence-electron chi connectivity index (χ0n) is 13.8. The van der Waals surface area contributed by atoms with Crippen LogP contribution in [0.3, 0.4) is 0 Å². The van der Waals surface area contributed by atoms with Crippen molar-refractivity contribution < 1.29 is 18.8 Å². The van der Waals surface area contributed by atoms with E-state index in [1.54, 1.807) is 18.2 Å². The van der Waals surface area contributed by atoms with E-state index < -0.39 is 11.9 Å². The third kappa shape index (κ3) is 3.71. The van der Waals surface area contributed by atoms with Crippen molar-refractivity contribution >= 4 is 23.4 Å². The van der Waals surface area contributed by atoms with Crippen LogP contribution in [0.4, 0.5) is 5.69 Å². The van der Waals surface area contributed by atoms with Crippen LogP contribution in [-0.2, 0) is 9.59 Å². The third-order valence-corrected chi connectivity index (χ3v) is 4.12. The summed E-state index contributed by atoms with van der Waals surface area (Å²) in [6.45, 7) is 2.56. The Labute approximate surface area is 145 Å². The van der Waals surface area contributed by atoms with Gasteiger partial charge in [-0.1, -0.05) is 18.2 Å². The highest BCUT2D eigenvalue weighted by Crippen LogP contribution is 2.17. The van der Waals surface area contributed by atoms with Gasteiger partial charge >= 0.3 is 0 Å². The van der Waals surface area contributed by atoms with Gasteiger partial charge in [-0.15, -0.1) is 0 Å². The molecule has 2 heterocycles. The molecule has 2 aromatic rings. The van der Waals surface area contributed by atoms with E-state index in [1.165, 1.54) is 11.2 Å². The van der Waals surface area contributed by atoms with Gasteiger partial charge in [-0.2, -0.15) is 0 Å². The summed E-state index contributed by atoms with van der Waals surface area (Å²) in [5.74, 6) is -0.910. The number of hydrogen-bond donors (Lipinski definition) is 2. The van der Waals surface area contributed by atoms with Gasteiger partial charge in [-0.05, 0) is 30.7 Å². The van der Waals surface area contributed by atoms with Crippen molar-refractivity contribution in [2.45, 2.75) is 19.4 Å². The third-order valence-electron chi connectivity index (χ3n) is 4.12. The van der Waals surface area contributed by atoms with Crippen molar-refractivity contribution in [3.05, 3.63) is 54.0 Å². The second kappa shape index (κ2) is 7.21. The highest BCUT2D eigenvalue weighted by molar-refractivity contribution is 6.00. The fourth-order valence-electron chi connectivity index (χ4n) is 2.79. The molecule has 1 aromatic carbocycles. The molecule has 2 N–H and O–H groups in total. The lowest BCUT2D eigenvalue weighted by Gasteiger charge is -2.34. The van der Waals surface area contributed by atoms with Crippen LogP contribution in [0.25, 0.3) is 0 Å². The van der Waals surface area contributed by atoms with E-state index in [1.807, 2.05) is 25.1 Å². The van der Waals surface area contributed by atoms with Crippen molar-refractivity contribution in [2.75, 3.05) is 18.4 Å². The van der Waals surface area contributed by atoms with Gasteiger partial charge < -0.3 is 20.0 Å². The Morgan fingerprint density at radius 3 is 2.80 bits per heavy atom. The van der Waals surface area contributed by atoms with E-state index in [2.05, 4.69) is 10.6 Å². The second-order valence-corrected chi connectivity index (χ2v) is 5.85. The molecule has 1 atom stereocenters. The largest absolute Gasteiger partial charge is 0.459 e. The average molecular weight is 341 g/mol. The summed E-state index contributed by atoms with van der Waals surface area (Å²) < 4.78 is 5.12. The van der Waals surface area contributed by atoms with Crippen LogP contribution < -0.4 is 10.6 Å². The van der Waals surface area contributed by atoms with Gasteiger partial charge in [0, 0.05) is 18.8 Å². The molecule has 1 fully saturated rings. The van der Waals surface area contributed by atoms with Crippen LogP contribution in [0, 0.1) is 6.92 Å². The first-order valence-electron chi connectivity index (χ1n) is 8.04. The molecule has 7 nitrogen and oxygen atoms in total. The molecule has 130 valence electrons. The maximum Gasteiger partial charge on any atom is 0.290 e. The number of nitrogens with one attached hydrogen (secondary N) is 2. The highest BCUT2D eigenvalue weighted by atomic mass is 16.3. The van der Waals surface area contributed by atoms with E-state index in [0.29, 0.717) is 18.8 Å². The number of piperazine rings is 1. The van der Waals surface area contributed by atoms with Crippen molar-refractivity contribution in [2.24, 2.45) is 0 Å². The fraction of sp³-hybridized carbons (Fsp3) is 0.278. The van der Waals surface area contributed by atoms with Crippen molar-refractivity contribution in [3.63, 3.8) is 0 Å². The molecule has 0 spiro atoms. The Morgan fingerprint density at radius 1 is 1.28 bits per heavy atom. The Kier molecular flexibility index (Phi) is 4.83. The number of rotatable bonds is 4. The fourth-order valence-corrected chi connectivity index (χ4v) is 2.79. The second-order valence-electron chi connectivity index (χ2n) is 5.85. The molecule has 25 heavy (non-hydrogen) atoms. The topological polar surface area (TPSA) is 91.7 Å². The van der Waals surface area contributed by atoms with Gasteiger partial charge in [0.25, 0.3) is 5.91 Å². The molecule has 3 amide bonds. The number of anilines is 1. The minimum atomic E-state index is -0.865. The van der Waals surface area contributed by atoms with Gasteiger partial charge in [0.2, 0.25) is 11.8 Å². The smallest absolute Gasteiger partial charge is 0.290 e. The molecular weight excluding hydrogens is 322 g/mol. The molecule has 0 saturated carbocycles.